The van der Waals surface area contributed by atoms with Crippen molar-refractivity contribution < 1.29 is 4.79 Å². The van der Waals surface area contributed by atoms with Gasteiger partial charge in [0.25, 0.3) is 0 Å². The lowest BCUT2D eigenvalue weighted by Crippen LogP contribution is -2.61. The summed E-state index contributed by atoms with van der Waals surface area (Å²) in [6.07, 6.45) is 12.2. The van der Waals surface area contributed by atoms with Gasteiger partial charge in [-0.15, -0.1) is 0 Å². The van der Waals surface area contributed by atoms with Crippen molar-refractivity contribution in [1.82, 2.24) is 4.90 Å². The van der Waals surface area contributed by atoms with Crippen LogP contribution in [0.15, 0.2) is 18.2 Å². The highest BCUT2D eigenvalue weighted by Gasteiger charge is 2.53. The normalized spacial score (nSPS) is 34.7. The summed E-state index contributed by atoms with van der Waals surface area (Å²) in [7, 11) is 0. The Hall–Kier alpha value is -1.35. The van der Waals surface area contributed by atoms with Crippen molar-refractivity contribution in [3.05, 3.63) is 34.9 Å². The molecule has 3 fully saturated rings. The fourth-order valence-corrected chi connectivity index (χ4v) is 6.47. The van der Waals surface area contributed by atoms with Gasteiger partial charge in [0.2, 0.25) is 5.91 Å². The molecule has 1 aromatic carbocycles. The summed E-state index contributed by atoms with van der Waals surface area (Å²) >= 11 is 0. The number of carbonyl (C=O) groups is 1. The molecule has 1 amide bonds. The highest BCUT2D eigenvalue weighted by atomic mass is 16.1. The van der Waals surface area contributed by atoms with Gasteiger partial charge in [-0.25, -0.2) is 0 Å². The zero-order valence-corrected chi connectivity index (χ0v) is 15.2. The molecule has 0 spiro atoms. The molecule has 2 saturated carbocycles. The molecule has 5 rings (SSSR count). The molecule has 3 heteroatoms. The van der Waals surface area contributed by atoms with E-state index in [2.05, 4.69) is 17.0 Å². The summed E-state index contributed by atoms with van der Waals surface area (Å²) < 4.78 is 0. The largest absolute Gasteiger partial charge is 0.366 e. The number of likely N-dealkylation sites (tertiary alicyclic amines) is 1. The van der Waals surface area contributed by atoms with Crippen LogP contribution in [0.3, 0.4) is 0 Å². The number of hydrogen-bond donors (Lipinski definition) is 1. The molecule has 1 aromatic rings. The van der Waals surface area contributed by atoms with E-state index in [0.717, 1.165) is 17.9 Å². The van der Waals surface area contributed by atoms with Crippen molar-refractivity contribution in [2.75, 3.05) is 13.1 Å². The third-order valence-electron chi connectivity index (χ3n) is 7.95. The lowest BCUT2D eigenvalue weighted by molar-refractivity contribution is -0.0240. The number of piperidine rings is 1. The molecule has 3 nitrogen and oxygen atoms in total. The first-order valence-corrected chi connectivity index (χ1v) is 10.3. The van der Waals surface area contributed by atoms with E-state index in [4.69, 9.17) is 5.73 Å². The van der Waals surface area contributed by atoms with E-state index in [1.165, 1.54) is 82.0 Å². The van der Waals surface area contributed by atoms with Crippen molar-refractivity contribution in [3.63, 3.8) is 0 Å². The van der Waals surface area contributed by atoms with Crippen LogP contribution < -0.4 is 5.73 Å². The van der Waals surface area contributed by atoms with Gasteiger partial charge in [0.15, 0.2) is 0 Å². The van der Waals surface area contributed by atoms with E-state index in [9.17, 15) is 4.79 Å². The fraction of sp³-hybridized carbons (Fsp3) is 0.682. The van der Waals surface area contributed by atoms with Crippen molar-refractivity contribution >= 4 is 5.91 Å². The monoisotopic (exact) mass is 338 g/mol. The number of primary amides is 1. The van der Waals surface area contributed by atoms with Gasteiger partial charge in [0.05, 0.1) is 0 Å². The summed E-state index contributed by atoms with van der Waals surface area (Å²) in [5.41, 5.74) is 9.58. The Morgan fingerprint density at radius 1 is 1.16 bits per heavy atom. The Balaban J connectivity index is 1.54. The van der Waals surface area contributed by atoms with E-state index >= 15 is 0 Å². The van der Waals surface area contributed by atoms with Crippen molar-refractivity contribution in [2.24, 2.45) is 17.6 Å². The average molecular weight is 338 g/mol. The highest BCUT2D eigenvalue weighted by Crippen LogP contribution is 2.56. The lowest BCUT2D eigenvalue weighted by atomic mass is 9.52. The third kappa shape index (κ3) is 2.38. The number of carbonyl (C=O) groups excluding carboxylic acids is 1. The van der Waals surface area contributed by atoms with E-state index in [1.54, 1.807) is 0 Å². The van der Waals surface area contributed by atoms with Crippen LogP contribution in [0.1, 0.15) is 72.9 Å². The van der Waals surface area contributed by atoms with Gasteiger partial charge in [0.1, 0.15) is 0 Å². The minimum atomic E-state index is -0.281. The van der Waals surface area contributed by atoms with Gasteiger partial charge in [-0.05, 0) is 80.2 Å². The molecule has 4 aliphatic rings. The minimum absolute atomic E-state index is 0.281. The second-order valence-corrected chi connectivity index (χ2v) is 9.06. The number of nitrogens with zero attached hydrogens (tertiary/aromatic N) is 1. The molecular formula is C22H30N2O. The van der Waals surface area contributed by atoms with Crippen LogP contribution in [0, 0.1) is 11.8 Å². The summed E-state index contributed by atoms with van der Waals surface area (Å²) in [6.45, 7) is 2.57. The van der Waals surface area contributed by atoms with E-state index in [0.29, 0.717) is 11.0 Å². The van der Waals surface area contributed by atoms with Crippen LogP contribution in [-0.2, 0) is 11.8 Å². The molecule has 0 radical (unpaired) electrons. The van der Waals surface area contributed by atoms with E-state index in [1.807, 2.05) is 6.07 Å². The Labute approximate surface area is 151 Å². The smallest absolute Gasteiger partial charge is 0.248 e. The highest BCUT2D eigenvalue weighted by molar-refractivity contribution is 5.93. The maximum atomic E-state index is 11.7. The molecule has 1 heterocycles. The van der Waals surface area contributed by atoms with Crippen LogP contribution in [0.4, 0.5) is 0 Å². The van der Waals surface area contributed by atoms with Crippen LogP contribution in [0.5, 0.6) is 0 Å². The van der Waals surface area contributed by atoms with Gasteiger partial charge >= 0.3 is 0 Å². The molecule has 2 bridgehead atoms. The third-order valence-corrected chi connectivity index (χ3v) is 7.95. The lowest BCUT2D eigenvalue weighted by Gasteiger charge is -2.59. The van der Waals surface area contributed by atoms with Crippen molar-refractivity contribution in [2.45, 2.75) is 69.2 Å². The number of rotatable bonds is 3. The fourth-order valence-electron chi connectivity index (χ4n) is 6.47. The van der Waals surface area contributed by atoms with Crippen LogP contribution in [0.25, 0.3) is 0 Å². The van der Waals surface area contributed by atoms with Gasteiger partial charge in [-0.3, -0.25) is 9.69 Å². The number of fused-ring (bicyclic) bond motifs is 1. The predicted octanol–water partition coefficient (Wildman–Crippen LogP) is 3.64. The quantitative estimate of drug-likeness (QED) is 0.914. The first-order valence-electron chi connectivity index (χ1n) is 10.3. The average Bonchev–Trinajstić information content (AvgIpc) is 2.59. The van der Waals surface area contributed by atoms with E-state index < -0.39 is 0 Å². The SMILES string of the molecule is NC(=O)c1ccc2c(c1)C13CCCC[C@H]1[C@@H](C2)N(CC1CCC1)CC3. The molecule has 25 heavy (non-hydrogen) atoms. The second-order valence-electron chi connectivity index (χ2n) is 9.06. The first-order chi connectivity index (χ1) is 12.2. The molecular weight excluding hydrogens is 308 g/mol. The predicted molar refractivity (Wildman–Crippen MR) is 99.6 cm³/mol. The van der Waals surface area contributed by atoms with Crippen LogP contribution in [-0.4, -0.2) is 29.9 Å². The second kappa shape index (κ2) is 5.84. The molecule has 134 valence electrons. The number of amides is 1. The topological polar surface area (TPSA) is 46.3 Å². The van der Waals surface area contributed by atoms with Gasteiger partial charge in [0, 0.05) is 23.6 Å². The minimum Gasteiger partial charge on any atom is -0.366 e. The maximum Gasteiger partial charge on any atom is 0.248 e. The molecule has 1 aliphatic heterocycles. The number of benzene rings is 1. The Morgan fingerprint density at radius 2 is 2.04 bits per heavy atom. The Bertz CT molecular complexity index is 695. The molecule has 0 aromatic heterocycles. The maximum absolute atomic E-state index is 11.7. The van der Waals surface area contributed by atoms with Crippen LogP contribution in [0.2, 0.25) is 0 Å². The summed E-state index contributed by atoms with van der Waals surface area (Å²) in [6, 6.07) is 7.05. The summed E-state index contributed by atoms with van der Waals surface area (Å²) in [4.78, 5) is 14.6. The summed E-state index contributed by atoms with van der Waals surface area (Å²) in [5, 5.41) is 0. The molecule has 1 saturated heterocycles. The summed E-state index contributed by atoms with van der Waals surface area (Å²) in [5.74, 6) is 1.46. The van der Waals surface area contributed by atoms with Crippen molar-refractivity contribution in [1.29, 1.82) is 0 Å². The number of hydrogen-bond acceptors (Lipinski definition) is 2. The zero-order chi connectivity index (χ0) is 17.0. The first kappa shape index (κ1) is 15.9. The molecule has 3 aliphatic carbocycles. The Kier molecular flexibility index (Phi) is 3.70. The molecule has 1 unspecified atom stereocenters. The molecule has 3 atom stereocenters. The molecule has 2 N–H and O–H groups in total. The van der Waals surface area contributed by atoms with E-state index in [-0.39, 0.29) is 5.91 Å². The Morgan fingerprint density at radius 3 is 2.80 bits per heavy atom. The van der Waals surface area contributed by atoms with Crippen LogP contribution >= 0.6 is 0 Å². The van der Waals surface area contributed by atoms with Gasteiger partial charge in [-0.1, -0.05) is 25.3 Å². The number of nitrogens with two attached hydrogens (primary N) is 1. The zero-order valence-electron chi connectivity index (χ0n) is 15.2. The van der Waals surface area contributed by atoms with Crippen molar-refractivity contribution in [3.8, 4) is 0 Å². The van der Waals surface area contributed by atoms with Gasteiger partial charge < -0.3 is 5.73 Å². The standard InChI is InChI=1S/C22H30N2O/c23-21(25)17-8-7-16-13-20-18-6-1-2-9-22(18,19(16)12-17)10-11-24(20)14-15-4-3-5-15/h7-8,12,15,18,20H,1-6,9-11,13-14H2,(H2,23,25)/t18-,20+,22?/m0/s1. The van der Waals surface area contributed by atoms with Gasteiger partial charge in [-0.2, -0.15) is 0 Å².